The van der Waals surface area contributed by atoms with Crippen LogP contribution >= 0.6 is 11.8 Å². The van der Waals surface area contributed by atoms with E-state index in [1.54, 1.807) is 19.2 Å². The number of rotatable bonds is 14. The number of ether oxygens (including phenoxy) is 1. The van der Waals surface area contributed by atoms with Crippen LogP contribution in [0.4, 0.5) is 0 Å². The second-order valence-electron chi connectivity index (χ2n) is 8.62. The molecule has 0 aromatic carbocycles. The van der Waals surface area contributed by atoms with Crippen LogP contribution in [0.15, 0.2) is 28.6 Å². The molecule has 0 aliphatic carbocycles. The molecule has 1 fully saturated rings. The van der Waals surface area contributed by atoms with Crippen LogP contribution in [0.2, 0.25) is 0 Å². The number of carboxylic acid groups (broad SMARTS) is 1. The predicted molar refractivity (Wildman–Crippen MR) is 128 cm³/mol. The Morgan fingerprint density at radius 1 is 1.30 bits per heavy atom. The number of likely N-dealkylation sites (N-methyl/N-ethyl adjacent to an activating group) is 1. The SMILES string of the molecule is CNC(=C[N+](=O)[O-])NCCSCc1ccc(C[N+](C)(C)C2OC(C(=O)O)C(O)C(O)C2OS(=O)(=O)O)o1. The first-order chi connectivity index (χ1) is 17.1. The minimum Gasteiger partial charge on any atom is -0.479 e. The quantitative estimate of drug-likeness (QED) is 0.0500. The summed E-state index contributed by atoms with van der Waals surface area (Å²) in [7, 11) is -0.460. The monoisotopic (exact) mass is 571 g/mol. The van der Waals surface area contributed by atoms with Gasteiger partial charge in [0.25, 0.3) is 6.20 Å². The first-order valence-corrected chi connectivity index (χ1v) is 13.3. The number of thioether (sulfide) groups is 1. The number of nitrogens with zero attached hydrogens (tertiary/aromatic N) is 2. The molecule has 18 heteroatoms. The lowest BCUT2D eigenvalue weighted by atomic mass is 9.96. The summed E-state index contributed by atoms with van der Waals surface area (Å²) in [5, 5.41) is 45.9. The van der Waals surface area contributed by atoms with Crippen molar-refractivity contribution in [3.8, 4) is 0 Å². The van der Waals surface area contributed by atoms with Gasteiger partial charge >= 0.3 is 16.4 Å². The van der Waals surface area contributed by atoms with Crippen LogP contribution in [0.3, 0.4) is 0 Å². The summed E-state index contributed by atoms with van der Waals surface area (Å²) in [5.41, 5.74) is 0. The zero-order chi connectivity index (χ0) is 28.0. The summed E-state index contributed by atoms with van der Waals surface area (Å²) in [5.74, 6) is 0.800. The Kier molecular flexibility index (Phi) is 10.7. The molecule has 0 amide bonds. The third-order valence-electron chi connectivity index (χ3n) is 5.32. The van der Waals surface area contributed by atoms with E-state index in [-0.39, 0.29) is 16.8 Å². The maximum Gasteiger partial charge on any atom is 0.398 e. The highest BCUT2D eigenvalue weighted by molar-refractivity contribution is 7.98. The van der Waals surface area contributed by atoms with E-state index in [4.69, 9.17) is 13.7 Å². The van der Waals surface area contributed by atoms with Crippen molar-refractivity contribution < 1.29 is 55.8 Å². The van der Waals surface area contributed by atoms with Gasteiger partial charge in [-0.2, -0.15) is 20.2 Å². The number of nitrogens with one attached hydrogen (secondary N) is 2. The summed E-state index contributed by atoms with van der Waals surface area (Å²) >= 11 is 1.50. The molecule has 5 atom stereocenters. The summed E-state index contributed by atoms with van der Waals surface area (Å²) in [4.78, 5) is 21.5. The van der Waals surface area contributed by atoms with Gasteiger partial charge in [-0.1, -0.05) is 0 Å². The Balaban J connectivity index is 2.04. The van der Waals surface area contributed by atoms with Gasteiger partial charge in [0.15, 0.2) is 23.8 Å². The fourth-order valence-electron chi connectivity index (χ4n) is 3.67. The number of furan rings is 1. The number of carbonyl (C=O) groups is 1. The van der Waals surface area contributed by atoms with Crippen molar-refractivity contribution in [2.75, 3.05) is 33.4 Å². The van der Waals surface area contributed by atoms with Gasteiger partial charge in [-0.05, 0) is 12.1 Å². The topological polar surface area (TPSA) is 231 Å². The third-order valence-corrected chi connectivity index (χ3v) is 6.77. The Morgan fingerprint density at radius 3 is 2.51 bits per heavy atom. The van der Waals surface area contributed by atoms with Crippen LogP contribution in [0.5, 0.6) is 0 Å². The molecule has 1 aliphatic heterocycles. The molecule has 5 unspecified atom stereocenters. The normalized spacial score (nSPS) is 25.0. The molecule has 1 aromatic rings. The average molecular weight is 572 g/mol. The first kappa shape index (κ1) is 30.8. The zero-order valence-corrected chi connectivity index (χ0v) is 21.8. The van der Waals surface area contributed by atoms with E-state index in [1.807, 2.05) is 0 Å². The highest BCUT2D eigenvalue weighted by Gasteiger charge is 2.55. The first-order valence-electron chi connectivity index (χ1n) is 10.8. The number of aliphatic hydroxyl groups is 2. The third kappa shape index (κ3) is 9.11. The van der Waals surface area contributed by atoms with Crippen molar-refractivity contribution in [3.05, 3.63) is 45.8 Å². The molecule has 2 rings (SSSR count). The van der Waals surface area contributed by atoms with Gasteiger partial charge in [0.05, 0.1) is 24.8 Å². The number of hydrogen-bond donors (Lipinski definition) is 6. The number of hydrogen-bond acceptors (Lipinski definition) is 13. The molecule has 0 saturated carbocycles. The molecule has 16 nitrogen and oxygen atoms in total. The summed E-state index contributed by atoms with van der Waals surface area (Å²) in [6, 6.07) is 3.38. The molecule has 210 valence electrons. The van der Waals surface area contributed by atoms with Gasteiger partial charge in [-0.3, -0.25) is 19.2 Å². The Morgan fingerprint density at radius 2 is 1.95 bits per heavy atom. The second-order valence-corrected chi connectivity index (χ2v) is 10.8. The van der Waals surface area contributed by atoms with Gasteiger partial charge in [-0.15, -0.1) is 0 Å². The second kappa shape index (κ2) is 12.9. The van der Waals surface area contributed by atoms with Crippen LogP contribution in [0.1, 0.15) is 11.5 Å². The van der Waals surface area contributed by atoms with Crippen molar-refractivity contribution in [3.63, 3.8) is 0 Å². The smallest absolute Gasteiger partial charge is 0.398 e. The van der Waals surface area contributed by atoms with Gasteiger partial charge in [-0.25, -0.2) is 8.98 Å². The molecule has 37 heavy (non-hydrogen) atoms. The zero-order valence-electron chi connectivity index (χ0n) is 20.2. The van der Waals surface area contributed by atoms with Crippen molar-refractivity contribution >= 4 is 28.1 Å². The fourth-order valence-corrected chi connectivity index (χ4v) is 4.91. The number of nitro groups is 1. The van der Waals surface area contributed by atoms with Crippen LogP contribution in [0, 0.1) is 10.1 Å². The minimum atomic E-state index is -5.09. The molecule has 6 N–H and O–H groups in total. The maximum atomic E-state index is 11.5. The highest BCUT2D eigenvalue weighted by Crippen LogP contribution is 2.31. The van der Waals surface area contributed by atoms with Crippen LogP contribution in [-0.2, 0) is 36.4 Å². The largest absolute Gasteiger partial charge is 0.479 e. The maximum absolute atomic E-state index is 11.5. The molecule has 1 aliphatic rings. The summed E-state index contributed by atoms with van der Waals surface area (Å²) in [6.45, 7) is 0.490. The molecule has 1 saturated heterocycles. The van der Waals surface area contributed by atoms with E-state index in [2.05, 4.69) is 14.8 Å². The molecule has 1 aromatic heterocycles. The number of carboxylic acids is 1. The standard InChI is InChI=1S/C19H30N4O12S2/c1-20-13(8-22(28)29)21-6-7-36-10-12-5-4-11(33-12)9-23(2,3)18-16(35-37(30,31)32)14(24)15(25)17(34-18)19(26)27/h4-5,8,14-18,20-21,24-25H,6-7,9-10H2,1-3H3,(H-,26,27,30,31,32)/p+1. The fraction of sp³-hybridized carbons (Fsp3) is 0.632. The van der Waals surface area contributed by atoms with Crippen LogP contribution in [0.25, 0.3) is 0 Å². The van der Waals surface area contributed by atoms with Gasteiger partial charge < -0.3 is 35.1 Å². The molecule has 0 radical (unpaired) electrons. The van der Waals surface area contributed by atoms with E-state index in [9.17, 15) is 38.6 Å². The Hall–Kier alpha value is -2.45. The molecular formula is C19H31N4O12S2+. The van der Waals surface area contributed by atoms with Gasteiger partial charge in [0.1, 0.15) is 24.5 Å². The van der Waals surface area contributed by atoms with E-state index in [1.165, 1.54) is 25.9 Å². The lowest BCUT2D eigenvalue weighted by Crippen LogP contribution is -2.68. The Bertz CT molecular complexity index is 1080. The Labute approximate surface area is 216 Å². The van der Waals surface area contributed by atoms with Crippen LogP contribution < -0.4 is 10.6 Å². The summed E-state index contributed by atoms with van der Waals surface area (Å²) in [6.07, 6.45) is -8.33. The van der Waals surface area contributed by atoms with Gasteiger partial charge in [0, 0.05) is 19.3 Å². The van der Waals surface area contributed by atoms with Gasteiger partial charge in [0.2, 0.25) is 6.23 Å². The lowest BCUT2D eigenvalue weighted by Gasteiger charge is -2.46. The van der Waals surface area contributed by atoms with Crippen molar-refractivity contribution in [2.45, 2.75) is 42.9 Å². The molecule has 0 spiro atoms. The predicted octanol–water partition coefficient (Wildman–Crippen LogP) is -1.31. The van der Waals surface area contributed by atoms with Crippen molar-refractivity contribution in [2.24, 2.45) is 0 Å². The average Bonchev–Trinajstić information content (AvgIpc) is 3.20. The van der Waals surface area contributed by atoms with Crippen molar-refractivity contribution in [1.29, 1.82) is 0 Å². The number of quaternary nitrogens is 1. The highest BCUT2D eigenvalue weighted by atomic mass is 32.3. The number of aliphatic hydroxyl groups excluding tert-OH is 2. The molecule has 0 bridgehead atoms. The number of aliphatic carboxylic acids is 1. The van der Waals surface area contributed by atoms with E-state index in [0.29, 0.717) is 29.6 Å². The van der Waals surface area contributed by atoms with E-state index in [0.717, 1.165) is 6.20 Å². The van der Waals surface area contributed by atoms with Crippen molar-refractivity contribution in [1.82, 2.24) is 10.6 Å². The lowest BCUT2D eigenvalue weighted by molar-refractivity contribution is -0.956. The van der Waals surface area contributed by atoms with Crippen LogP contribution in [-0.4, -0.2) is 108 Å². The summed E-state index contributed by atoms with van der Waals surface area (Å²) < 4.78 is 47.3. The molecular weight excluding hydrogens is 540 g/mol. The molecule has 2 heterocycles. The minimum absolute atomic E-state index is 0.0363. The van der Waals surface area contributed by atoms with E-state index < -0.39 is 51.9 Å². The van der Waals surface area contributed by atoms with E-state index >= 15 is 0 Å².